The van der Waals surface area contributed by atoms with Crippen molar-refractivity contribution in [2.75, 3.05) is 6.61 Å². The van der Waals surface area contributed by atoms with Gasteiger partial charge in [0.15, 0.2) is 5.82 Å². The Kier molecular flexibility index (Phi) is 4.48. The van der Waals surface area contributed by atoms with Crippen LogP contribution in [0.5, 0.6) is 0 Å². The zero-order chi connectivity index (χ0) is 13.0. The van der Waals surface area contributed by atoms with Gasteiger partial charge in [-0.2, -0.15) is 0 Å². The third-order valence-corrected chi connectivity index (χ3v) is 2.07. The summed E-state index contributed by atoms with van der Waals surface area (Å²) in [6.45, 7) is 3.10. The van der Waals surface area contributed by atoms with Crippen LogP contribution in [-0.4, -0.2) is 17.6 Å². The zero-order valence-corrected chi connectivity index (χ0v) is 9.47. The highest BCUT2D eigenvalue weighted by Gasteiger charge is 2.18. The normalized spacial score (nSPS) is 10.7. The van der Waals surface area contributed by atoms with Crippen LogP contribution in [0.3, 0.4) is 0 Å². The van der Waals surface area contributed by atoms with Crippen molar-refractivity contribution in [3.05, 3.63) is 28.8 Å². The topological polar surface area (TPSA) is 39.2 Å². The second kappa shape index (κ2) is 5.65. The lowest BCUT2D eigenvalue weighted by atomic mass is 10.1. The summed E-state index contributed by atoms with van der Waals surface area (Å²) in [5, 5.41) is 0. The SMILES string of the molecule is CCOC(=O)Cc1cc(C(F)F)c(F)c(C)n1. The number of carbonyl (C=O) groups excluding carboxylic acids is 1. The molecule has 0 spiro atoms. The van der Waals surface area contributed by atoms with Crippen LogP contribution in [0, 0.1) is 12.7 Å². The fourth-order valence-corrected chi connectivity index (χ4v) is 1.36. The van der Waals surface area contributed by atoms with Gasteiger partial charge in [-0.05, 0) is 19.9 Å². The van der Waals surface area contributed by atoms with Crippen molar-refractivity contribution >= 4 is 5.97 Å². The summed E-state index contributed by atoms with van der Waals surface area (Å²) in [4.78, 5) is 14.9. The molecule has 0 fully saturated rings. The molecule has 1 aromatic rings. The van der Waals surface area contributed by atoms with E-state index in [0.717, 1.165) is 6.07 Å². The maximum Gasteiger partial charge on any atom is 0.311 e. The first-order valence-electron chi connectivity index (χ1n) is 5.05. The summed E-state index contributed by atoms with van der Waals surface area (Å²) in [5.74, 6) is -1.61. The van der Waals surface area contributed by atoms with Crippen molar-refractivity contribution in [3.8, 4) is 0 Å². The molecule has 0 aromatic carbocycles. The number of hydrogen-bond donors (Lipinski definition) is 0. The Morgan fingerprint density at radius 1 is 1.53 bits per heavy atom. The number of esters is 1. The van der Waals surface area contributed by atoms with E-state index in [1.807, 2.05) is 0 Å². The molecule has 0 atom stereocenters. The van der Waals surface area contributed by atoms with Crippen LogP contribution in [0.1, 0.15) is 30.3 Å². The molecule has 17 heavy (non-hydrogen) atoms. The highest BCUT2D eigenvalue weighted by Crippen LogP contribution is 2.24. The summed E-state index contributed by atoms with van der Waals surface area (Å²) in [7, 11) is 0. The summed E-state index contributed by atoms with van der Waals surface area (Å²) in [6.07, 6.45) is -3.17. The van der Waals surface area contributed by atoms with E-state index in [2.05, 4.69) is 9.72 Å². The van der Waals surface area contributed by atoms with Gasteiger partial charge < -0.3 is 4.74 Å². The number of hydrogen-bond acceptors (Lipinski definition) is 3. The third kappa shape index (κ3) is 3.44. The third-order valence-electron chi connectivity index (χ3n) is 2.07. The molecule has 0 saturated heterocycles. The summed E-state index contributed by atoms with van der Waals surface area (Å²) >= 11 is 0. The number of halogens is 3. The van der Waals surface area contributed by atoms with Gasteiger partial charge in [-0.25, -0.2) is 13.2 Å². The smallest absolute Gasteiger partial charge is 0.311 e. The molecule has 1 rings (SSSR count). The number of aryl methyl sites for hydroxylation is 1. The average Bonchev–Trinajstić information content (AvgIpc) is 2.23. The molecule has 0 aliphatic rings. The first-order valence-corrected chi connectivity index (χ1v) is 5.05. The Balaban J connectivity index is 2.98. The fraction of sp³-hybridized carbons (Fsp3) is 0.455. The van der Waals surface area contributed by atoms with Crippen LogP contribution in [-0.2, 0) is 16.0 Å². The molecule has 1 heterocycles. The zero-order valence-electron chi connectivity index (χ0n) is 9.47. The van der Waals surface area contributed by atoms with Gasteiger partial charge in [0.1, 0.15) is 0 Å². The number of aromatic nitrogens is 1. The quantitative estimate of drug-likeness (QED) is 0.767. The molecule has 0 amide bonds. The molecular weight excluding hydrogens is 235 g/mol. The van der Waals surface area contributed by atoms with E-state index in [-0.39, 0.29) is 24.4 Å². The van der Waals surface area contributed by atoms with Gasteiger partial charge >= 0.3 is 5.97 Å². The summed E-state index contributed by atoms with van der Waals surface area (Å²) < 4.78 is 42.9. The number of pyridine rings is 1. The van der Waals surface area contributed by atoms with Gasteiger partial charge in [0, 0.05) is 0 Å². The molecule has 0 aliphatic heterocycles. The molecule has 0 aliphatic carbocycles. The Hall–Kier alpha value is -1.59. The van der Waals surface area contributed by atoms with E-state index in [4.69, 9.17) is 0 Å². The molecule has 6 heteroatoms. The number of ether oxygens (including phenoxy) is 1. The highest BCUT2D eigenvalue weighted by molar-refractivity contribution is 5.72. The monoisotopic (exact) mass is 247 g/mol. The maximum atomic E-state index is 13.3. The molecule has 94 valence electrons. The Morgan fingerprint density at radius 2 is 2.18 bits per heavy atom. The van der Waals surface area contributed by atoms with Gasteiger partial charge in [0.2, 0.25) is 0 Å². The predicted octanol–water partition coefficient (Wildman–Crippen LogP) is 2.57. The number of alkyl halides is 2. The van der Waals surface area contributed by atoms with E-state index in [0.29, 0.717) is 0 Å². The molecule has 0 N–H and O–H groups in total. The molecule has 1 aromatic heterocycles. The highest BCUT2D eigenvalue weighted by atomic mass is 19.3. The van der Waals surface area contributed by atoms with Gasteiger partial charge in [-0.1, -0.05) is 0 Å². The minimum atomic E-state index is -2.93. The molecule has 3 nitrogen and oxygen atoms in total. The second-order valence-electron chi connectivity index (χ2n) is 3.38. The molecule has 0 saturated carbocycles. The van der Waals surface area contributed by atoms with Gasteiger partial charge in [0.05, 0.1) is 30.0 Å². The first kappa shape index (κ1) is 13.5. The summed E-state index contributed by atoms with van der Waals surface area (Å²) in [6, 6.07) is 0.893. The number of rotatable bonds is 4. The van der Waals surface area contributed by atoms with Crippen LogP contribution in [0.15, 0.2) is 6.07 Å². The van der Waals surface area contributed by atoms with Gasteiger partial charge in [0.25, 0.3) is 6.43 Å². The molecule has 0 radical (unpaired) electrons. The van der Waals surface area contributed by atoms with Crippen LogP contribution < -0.4 is 0 Å². The standard InChI is InChI=1S/C11H12F3NO2/c1-3-17-9(16)5-7-4-8(11(13)14)10(12)6(2)15-7/h4,11H,3,5H2,1-2H3. The maximum absolute atomic E-state index is 13.3. The molecule has 0 bridgehead atoms. The van der Waals surface area contributed by atoms with Crippen molar-refractivity contribution in [1.29, 1.82) is 0 Å². The van der Waals surface area contributed by atoms with Gasteiger partial charge in [-0.15, -0.1) is 0 Å². The molecule has 0 unspecified atom stereocenters. The number of carbonyl (C=O) groups is 1. The van der Waals surface area contributed by atoms with Crippen molar-refractivity contribution in [2.24, 2.45) is 0 Å². The number of nitrogens with zero attached hydrogens (tertiary/aromatic N) is 1. The minimum absolute atomic E-state index is 0.0812. The van der Waals surface area contributed by atoms with Crippen LogP contribution >= 0.6 is 0 Å². The van der Waals surface area contributed by atoms with Crippen LogP contribution in [0.2, 0.25) is 0 Å². The lowest BCUT2D eigenvalue weighted by Gasteiger charge is -2.08. The van der Waals surface area contributed by atoms with Crippen molar-refractivity contribution in [1.82, 2.24) is 4.98 Å². The molecular formula is C11H12F3NO2. The first-order chi connectivity index (χ1) is 7.95. The van der Waals surface area contributed by atoms with Crippen molar-refractivity contribution < 1.29 is 22.7 Å². The lowest BCUT2D eigenvalue weighted by molar-refractivity contribution is -0.142. The van der Waals surface area contributed by atoms with E-state index in [9.17, 15) is 18.0 Å². The van der Waals surface area contributed by atoms with Crippen LogP contribution in [0.25, 0.3) is 0 Å². The Morgan fingerprint density at radius 3 is 2.71 bits per heavy atom. The van der Waals surface area contributed by atoms with E-state index >= 15 is 0 Å². The lowest BCUT2D eigenvalue weighted by Crippen LogP contribution is -2.11. The van der Waals surface area contributed by atoms with E-state index in [1.54, 1.807) is 6.92 Å². The predicted molar refractivity (Wildman–Crippen MR) is 54.2 cm³/mol. The van der Waals surface area contributed by atoms with E-state index in [1.165, 1.54) is 6.92 Å². The Bertz CT molecular complexity index is 421. The van der Waals surface area contributed by atoms with E-state index < -0.39 is 23.8 Å². The van der Waals surface area contributed by atoms with Gasteiger partial charge in [-0.3, -0.25) is 9.78 Å². The Labute approximate surface area is 96.6 Å². The van der Waals surface area contributed by atoms with Crippen molar-refractivity contribution in [3.63, 3.8) is 0 Å². The van der Waals surface area contributed by atoms with Crippen LogP contribution in [0.4, 0.5) is 13.2 Å². The van der Waals surface area contributed by atoms with Crippen molar-refractivity contribution in [2.45, 2.75) is 26.7 Å². The average molecular weight is 247 g/mol. The summed E-state index contributed by atoms with van der Waals surface area (Å²) in [5.41, 5.74) is -0.809. The second-order valence-corrected chi connectivity index (χ2v) is 3.38. The largest absolute Gasteiger partial charge is 0.466 e. The fourth-order valence-electron chi connectivity index (χ4n) is 1.36. The minimum Gasteiger partial charge on any atom is -0.466 e.